The highest BCUT2D eigenvalue weighted by atomic mass is 35.5. The third-order valence-electron chi connectivity index (χ3n) is 2.55. The average Bonchev–Trinajstić information content (AvgIpc) is 2.32. The lowest BCUT2D eigenvalue weighted by atomic mass is 10.2. The molecule has 2 rings (SSSR count). The van der Waals surface area contributed by atoms with Crippen LogP contribution in [0.15, 0.2) is 36.4 Å². The molecular formula is C14H11ClF2O. The van der Waals surface area contributed by atoms with Gasteiger partial charge >= 0.3 is 0 Å². The van der Waals surface area contributed by atoms with Gasteiger partial charge in [0.2, 0.25) is 0 Å². The lowest BCUT2D eigenvalue weighted by Crippen LogP contribution is -1.97. The van der Waals surface area contributed by atoms with Gasteiger partial charge in [-0.1, -0.05) is 23.7 Å². The van der Waals surface area contributed by atoms with Gasteiger partial charge in [0.15, 0.2) is 0 Å². The second kappa shape index (κ2) is 5.36. The molecule has 0 aromatic heterocycles. The Kier molecular flexibility index (Phi) is 3.82. The van der Waals surface area contributed by atoms with E-state index in [0.29, 0.717) is 21.9 Å². The Hall–Kier alpha value is -1.61. The van der Waals surface area contributed by atoms with E-state index in [1.54, 1.807) is 25.1 Å². The van der Waals surface area contributed by atoms with E-state index >= 15 is 0 Å². The van der Waals surface area contributed by atoms with Crippen LogP contribution in [0.3, 0.4) is 0 Å². The van der Waals surface area contributed by atoms with Crippen molar-refractivity contribution in [3.05, 3.63) is 64.2 Å². The van der Waals surface area contributed by atoms with Gasteiger partial charge in [-0.05, 0) is 30.7 Å². The van der Waals surface area contributed by atoms with Crippen LogP contribution in [0.25, 0.3) is 0 Å². The van der Waals surface area contributed by atoms with E-state index in [1.807, 2.05) is 0 Å². The van der Waals surface area contributed by atoms with Crippen molar-refractivity contribution < 1.29 is 13.5 Å². The minimum absolute atomic E-state index is 0.168. The highest BCUT2D eigenvalue weighted by molar-refractivity contribution is 6.31. The van der Waals surface area contributed by atoms with Gasteiger partial charge in [-0.15, -0.1) is 0 Å². The number of halogens is 3. The molecule has 0 amide bonds. The topological polar surface area (TPSA) is 9.23 Å². The number of ether oxygens (including phenoxy) is 1. The summed E-state index contributed by atoms with van der Waals surface area (Å²) in [5.74, 6) is -0.304. The van der Waals surface area contributed by atoms with Gasteiger partial charge in [-0.25, -0.2) is 8.78 Å². The van der Waals surface area contributed by atoms with Gasteiger partial charge in [0.25, 0.3) is 0 Å². The molecule has 0 N–H and O–H groups in total. The molecule has 1 nitrogen and oxygen atoms in total. The molecule has 2 aromatic carbocycles. The smallest absolute Gasteiger partial charge is 0.129 e. The predicted molar refractivity (Wildman–Crippen MR) is 66.9 cm³/mol. The summed E-state index contributed by atoms with van der Waals surface area (Å²) in [4.78, 5) is 0. The highest BCUT2D eigenvalue weighted by Gasteiger charge is 2.04. The Balaban J connectivity index is 2.09. The van der Waals surface area contributed by atoms with Crippen molar-refractivity contribution in [1.29, 1.82) is 0 Å². The van der Waals surface area contributed by atoms with Gasteiger partial charge in [-0.2, -0.15) is 0 Å². The molecule has 0 aliphatic heterocycles. The molecular weight excluding hydrogens is 258 g/mol. The summed E-state index contributed by atoms with van der Waals surface area (Å²) >= 11 is 5.86. The third-order valence-corrected chi connectivity index (χ3v) is 2.90. The summed E-state index contributed by atoms with van der Waals surface area (Å²) < 4.78 is 31.5. The Morgan fingerprint density at radius 3 is 2.56 bits per heavy atom. The standard InChI is InChI=1S/C14H11ClF2O/c1-9-2-5-12(7-14(9)17)18-8-10-3-4-11(16)6-13(10)15/h2-7H,8H2,1H3. The van der Waals surface area contributed by atoms with Crippen LogP contribution < -0.4 is 4.74 Å². The maximum Gasteiger partial charge on any atom is 0.129 e. The maximum absolute atomic E-state index is 13.3. The summed E-state index contributed by atoms with van der Waals surface area (Å²) in [5, 5.41) is 0.294. The Morgan fingerprint density at radius 2 is 1.89 bits per heavy atom. The molecule has 0 aliphatic carbocycles. The van der Waals surface area contributed by atoms with E-state index in [0.717, 1.165) is 0 Å². The minimum Gasteiger partial charge on any atom is -0.489 e. The van der Waals surface area contributed by atoms with Crippen LogP contribution in [0.4, 0.5) is 8.78 Å². The normalized spacial score (nSPS) is 10.4. The maximum atomic E-state index is 13.3. The molecule has 0 atom stereocenters. The fourth-order valence-corrected chi connectivity index (χ4v) is 1.68. The first kappa shape index (κ1) is 12.8. The van der Waals surface area contributed by atoms with Crippen LogP contribution >= 0.6 is 11.6 Å². The lowest BCUT2D eigenvalue weighted by molar-refractivity contribution is 0.304. The molecule has 0 heterocycles. The number of benzene rings is 2. The molecule has 0 saturated carbocycles. The summed E-state index contributed by atoms with van der Waals surface area (Å²) in [6.07, 6.45) is 0. The molecule has 0 bridgehead atoms. The van der Waals surface area contributed by atoms with Crippen molar-refractivity contribution in [2.45, 2.75) is 13.5 Å². The molecule has 0 radical (unpaired) electrons. The second-order valence-electron chi connectivity index (χ2n) is 3.94. The second-order valence-corrected chi connectivity index (χ2v) is 4.34. The molecule has 4 heteroatoms. The van der Waals surface area contributed by atoms with Gasteiger partial charge in [-0.3, -0.25) is 0 Å². The zero-order valence-corrected chi connectivity index (χ0v) is 10.5. The zero-order valence-electron chi connectivity index (χ0n) is 9.71. The van der Waals surface area contributed by atoms with Gasteiger partial charge in [0, 0.05) is 11.6 Å². The van der Waals surface area contributed by atoms with Gasteiger partial charge in [0.1, 0.15) is 24.0 Å². The lowest BCUT2D eigenvalue weighted by Gasteiger charge is -2.08. The van der Waals surface area contributed by atoms with Crippen molar-refractivity contribution in [2.75, 3.05) is 0 Å². The highest BCUT2D eigenvalue weighted by Crippen LogP contribution is 2.21. The summed E-state index contributed by atoms with van der Waals surface area (Å²) in [5.41, 5.74) is 1.21. The molecule has 0 aliphatic rings. The van der Waals surface area contributed by atoms with E-state index < -0.39 is 5.82 Å². The van der Waals surface area contributed by atoms with E-state index in [4.69, 9.17) is 16.3 Å². The van der Waals surface area contributed by atoms with Crippen molar-refractivity contribution in [3.63, 3.8) is 0 Å². The first-order valence-electron chi connectivity index (χ1n) is 5.39. The van der Waals surface area contributed by atoms with Crippen LogP contribution in [-0.2, 0) is 6.61 Å². The van der Waals surface area contributed by atoms with E-state index in [-0.39, 0.29) is 12.4 Å². The molecule has 94 valence electrons. The molecule has 18 heavy (non-hydrogen) atoms. The van der Waals surface area contributed by atoms with Crippen LogP contribution in [0.5, 0.6) is 5.75 Å². The van der Waals surface area contributed by atoms with Gasteiger partial charge in [0.05, 0.1) is 5.02 Å². The van der Waals surface area contributed by atoms with Gasteiger partial charge < -0.3 is 4.74 Å². The van der Waals surface area contributed by atoms with Crippen molar-refractivity contribution >= 4 is 11.6 Å². The van der Waals surface area contributed by atoms with Crippen molar-refractivity contribution in [3.8, 4) is 5.75 Å². The van der Waals surface area contributed by atoms with E-state index in [9.17, 15) is 8.78 Å². The Labute approximate surface area is 109 Å². The molecule has 0 saturated heterocycles. The summed E-state index contributed by atoms with van der Waals surface area (Å²) in [6.45, 7) is 1.84. The van der Waals surface area contributed by atoms with Crippen LogP contribution in [0, 0.1) is 18.6 Å². The molecule has 0 spiro atoms. The fraction of sp³-hybridized carbons (Fsp3) is 0.143. The summed E-state index contributed by atoms with van der Waals surface area (Å²) in [6, 6.07) is 8.69. The quantitative estimate of drug-likeness (QED) is 0.796. The Morgan fingerprint density at radius 1 is 1.11 bits per heavy atom. The largest absolute Gasteiger partial charge is 0.489 e. The van der Waals surface area contributed by atoms with Crippen LogP contribution in [0.2, 0.25) is 5.02 Å². The number of rotatable bonds is 3. The van der Waals surface area contributed by atoms with Crippen molar-refractivity contribution in [1.82, 2.24) is 0 Å². The minimum atomic E-state index is -0.398. The average molecular weight is 269 g/mol. The van der Waals surface area contributed by atoms with Crippen LogP contribution in [0.1, 0.15) is 11.1 Å². The zero-order chi connectivity index (χ0) is 13.1. The van der Waals surface area contributed by atoms with Crippen molar-refractivity contribution in [2.24, 2.45) is 0 Å². The predicted octanol–water partition coefficient (Wildman–Crippen LogP) is 4.51. The van der Waals surface area contributed by atoms with E-state index in [2.05, 4.69) is 0 Å². The summed E-state index contributed by atoms with van der Waals surface area (Å²) in [7, 11) is 0. The van der Waals surface area contributed by atoms with E-state index in [1.165, 1.54) is 18.2 Å². The number of hydrogen-bond donors (Lipinski definition) is 0. The first-order chi connectivity index (χ1) is 8.56. The third kappa shape index (κ3) is 2.99. The monoisotopic (exact) mass is 268 g/mol. The Bertz CT molecular complexity index is 570. The molecule has 0 fully saturated rings. The SMILES string of the molecule is Cc1ccc(OCc2ccc(F)cc2Cl)cc1F. The first-order valence-corrected chi connectivity index (χ1v) is 5.77. The molecule has 2 aromatic rings. The number of hydrogen-bond acceptors (Lipinski definition) is 1. The van der Waals surface area contributed by atoms with Crippen LogP contribution in [-0.4, -0.2) is 0 Å². The fourth-order valence-electron chi connectivity index (χ4n) is 1.46. The number of aryl methyl sites for hydroxylation is 1. The molecule has 0 unspecified atom stereocenters.